The molecule has 3 aromatic rings. The van der Waals surface area contributed by atoms with Crippen molar-refractivity contribution < 1.29 is 4.74 Å². The van der Waals surface area contributed by atoms with Gasteiger partial charge in [0.05, 0.1) is 7.11 Å². The molecule has 0 saturated carbocycles. The zero-order chi connectivity index (χ0) is 13.9. The average molecular weight is 263 g/mol. The fourth-order valence-electron chi connectivity index (χ4n) is 2.38. The summed E-state index contributed by atoms with van der Waals surface area (Å²) in [7, 11) is 3.78. The second kappa shape index (κ2) is 5.25. The molecule has 0 unspecified atom stereocenters. The minimum absolute atomic E-state index is 0.890. The molecule has 2 nitrogen and oxygen atoms in total. The van der Waals surface area contributed by atoms with Gasteiger partial charge in [0.15, 0.2) is 0 Å². The van der Waals surface area contributed by atoms with Crippen molar-refractivity contribution in [3.8, 4) is 5.75 Å². The van der Waals surface area contributed by atoms with Crippen LogP contribution in [-0.4, -0.2) is 11.7 Å². The number of aromatic nitrogens is 1. The minimum Gasteiger partial charge on any atom is -0.497 e. The van der Waals surface area contributed by atoms with E-state index in [-0.39, 0.29) is 0 Å². The van der Waals surface area contributed by atoms with E-state index >= 15 is 0 Å². The number of ether oxygens (including phenoxy) is 1. The molecule has 0 aliphatic rings. The molecule has 0 saturated heterocycles. The quantitative estimate of drug-likeness (QED) is 0.685. The number of methoxy groups -OCH3 is 1. The van der Waals surface area contributed by atoms with Gasteiger partial charge in [0.25, 0.3) is 0 Å². The van der Waals surface area contributed by atoms with Gasteiger partial charge in [-0.15, -0.1) is 0 Å². The molecule has 0 spiro atoms. The molecule has 2 heteroatoms. The van der Waals surface area contributed by atoms with Crippen LogP contribution in [0, 0.1) is 0 Å². The normalized spacial score (nSPS) is 11.3. The zero-order valence-corrected chi connectivity index (χ0v) is 11.7. The van der Waals surface area contributed by atoms with Crippen LogP contribution in [0.4, 0.5) is 0 Å². The molecule has 1 aromatic heterocycles. The highest BCUT2D eigenvalue weighted by Gasteiger charge is 2.04. The number of nitrogens with zero attached hydrogens (tertiary/aromatic N) is 1. The average Bonchev–Trinajstić information content (AvgIpc) is 2.82. The summed E-state index contributed by atoms with van der Waals surface area (Å²) >= 11 is 0. The molecule has 0 atom stereocenters. The zero-order valence-electron chi connectivity index (χ0n) is 11.7. The van der Waals surface area contributed by atoms with Gasteiger partial charge in [0.1, 0.15) is 5.75 Å². The van der Waals surface area contributed by atoms with Gasteiger partial charge in [-0.25, -0.2) is 0 Å². The molecule has 1 heterocycles. The number of hydrogen-bond acceptors (Lipinski definition) is 1. The highest BCUT2D eigenvalue weighted by atomic mass is 16.5. The first kappa shape index (κ1) is 12.5. The highest BCUT2D eigenvalue weighted by molar-refractivity contribution is 5.86. The standard InChI is InChI=1S/C18H17NO/c1-19-16(9-8-14-6-4-3-5-7-14)12-15-13-17(20-2)10-11-18(15)19/h3-13H,1-2H3/b9-8+. The topological polar surface area (TPSA) is 14.2 Å². The summed E-state index contributed by atoms with van der Waals surface area (Å²) in [6.45, 7) is 0. The maximum Gasteiger partial charge on any atom is 0.119 e. The molecule has 100 valence electrons. The fourth-order valence-corrected chi connectivity index (χ4v) is 2.38. The summed E-state index contributed by atoms with van der Waals surface area (Å²) in [6.07, 6.45) is 4.27. The molecule has 0 aliphatic heterocycles. The molecule has 0 fully saturated rings. The van der Waals surface area contributed by atoms with E-state index in [9.17, 15) is 0 Å². The lowest BCUT2D eigenvalue weighted by Gasteiger charge is -2.01. The van der Waals surface area contributed by atoms with Gasteiger partial charge >= 0.3 is 0 Å². The van der Waals surface area contributed by atoms with Crippen molar-refractivity contribution in [2.75, 3.05) is 7.11 Å². The van der Waals surface area contributed by atoms with E-state index in [1.54, 1.807) is 7.11 Å². The lowest BCUT2D eigenvalue weighted by Crippen LogP contribution is -1.89. The predicted octanol–water partition coefficient (Wildman–Crippen LogP) is 4.36. The SMILES string of the molecule is COc1ccc2c(c1)cc(/C=C/c1ccccc1)n2C. The largest absolute Gasteiger partial charge is 0.497 e. The number of hydrogen-bond donors (Lipinski definition) is 0. The van der Waals surface area contributed by atoms with Crippen molar-refractivity contribution in [3.05, 3.63) is 65.9 Å². The Labute approximate surface area is 118 Å². The lowest BCUT2D eigenvalue weighted by molar-refractivity contribution is 0.415. The van der Waals surface area contributed by atoms with Gasteiger partial charge in [-0.2, -0.15) is 0 Å². The third-order valence-corrected chi connectivity index (χ3v) is 3.53. The Bertz CT molecular complexity index is 754. The van der Waals surface area contributed by atoms with Gasteiger partial charge in [-0.1, -0.05) is 36.4 Å². The van der Waals surface area contributed by atoms with Crippen molar-refractivity contribution in [1.82, 2.24) is 4.57 Å². The van der Waals surface area contributed by atoms with Crippen LogP contribution in [0.1, 0.15) is 11.3 Å². The van der Waals surface area contributed by atoms with Crippen LogP contribution < -0.4 is 4.74 Å². The van der Waals surface area contributed by atoms with Crippen LogP contribution in [-0.2, 0) is 7.05 Å². The van der Waals surface area contributed by atoms with Crippen LogP contribution in [0.5, 0.6) is 5.75 Å². The third-order valence-electron chi connectivity index (χ3n) is 3.53. The van der Waals surface area contributed by atoms with Crippen LogP contribution in [0.15, 0.2) is 54.6 Å². The summed E-state index contributed by atoms with van der Waals surface area (Å²) in [5.74, 6) is 0.890. The van der Waals surface area contributed by atoms with Crippen LogP contribution in [0.3, 0.4) is 0 Å². The minimum atomic E-state index is 0.890. The molecule has 0 N–H and O–H groups in total. The molecule has 0 amide bonds. The molecule has 0 bridgehead atoms. The second-order valence-corrected chi connectivity index (χ2v) is 4.80. The Balaban J connectivity index is 2.00. The van der Waals surface area contributed by atoms with Gasteiger partial charge in [0, 0.05) is 23.6 Å². The van der Waals surface area contributed by atoms with Crippen molar-refractivity contribution in [1.29, 1.82) is 0 Å². The number of benzene rings is 2. The van der Waals surface area contributed by atoms with Gasteiger partial charge < -0.3 is 9.30 Å². The van der Waals surface area contributed by atoms with Crippen LogP contribution in [0.2, 0.25) is 0 Å². The summed E-state index contributed by atoms with van der Waals surface area (Å²) in [4.78, 5) is 0. The summed E-state index contributed by atoms with van der Waals surface area (Å²) in [5, 5.41) is 1.19. The van der Waals surface area contributed by atoms with Crippen molar-refractivity contribution in [3.63, 3.8) is 0 Å². The first-order valence-corrected chi connectivity index (χ1v) is 6.64. The molecule has 0 radical (unpaired) electrons. The van der Waals surface area contributed by atoms with E-state index in [4.69, 9.17) is 4.74 Å². The van der Waals surface area contributed by atoms with Crippen molar-refractivity contribution in [2.24, 2.45) is 7.05 Å². The Morgan fingerprint density at radius 3 is 2.50 bits per heavy atom. The van der Waals surface area contributed by atoms with Crippen LogP contribution in [0.25, 0.3) is 23.1 Å². The lowest BCUT2D eigenvalue weighted by atomic mass is 10.2. The molecule has 2 aromatic carbocycles. The van der Waals surface area contributed by atoms with E-state index in [0.29, 0.717) is 0 Å². The number of aryl methyl sites for hydroxylation is 1. The molecular weight excluding hydrogens is 246 g/mol. The second-order valence-electron chi connectivity index (χ2n) is 4.80. The highest BCUT2D eigenvalue weighted by Crippen LogP contribution is 2.24. The van der Waals surface area contributed by atoms with Crippen molar-refractivity contribution in [2.45, 2.75) is 0 Å². The summed E-state index contributed by atoms with van der Waals surface area (Å²) in [5.41, 5.74) is 3.59. The van der Waals surface area contributed by atoms with Gasteiger partial charge in [0.2, 0.25) is 0 Å². The van der Waals surface area contributed by atoms with E-state index in [1.165, 1.54) is 22.2 Å². The maximum atomic E-state index is 5.27. The molecule has 20 heavy (non-hydrogen) atoms. The Kier molecular flexibility index (Phi) is 3.30. The fraction of sp³-hybridized carbons (Fsp3) is 0.111. The summed E-state index contributed by atoms with van der Waals surface area (Å²) in [6, 6.07) is 18.6. The van der Waals surface area contributed by atoms with Gasteiger partial charge in [-0.3, -0.25) is 0 Å². The number of rotatable bonds is 3. The first-order chi connectivity index (χ1) is 9.78. The van der Waals surface area contributed by atoms with E-state index in [0.717, 1.165) is 5.75 Å². The van der Waals surface area contributed by atoms with E-state index in [2.05, 4.69) is 54.1 Å². The Morgan fingerprint density at radius 2 is 1.75 bits per heavy atom. The van der Waals surface area contributed by atoms with Crippen molar-refractivity contribution >= 4 is 23.1 Å². The van der Waals surface area contributed by atoms with E-state index < -0.39 is 0 Å². The first-order valence-electron chi connectivity index (χ1n) is 6.64. The molecule has 3 rings (SSSR count). The third kappa shape index (κ3) is 2.32. The Morgan fingerprint density at radius 1 is 0.950 bits per heavy atom. The predicted molar refractivity (Wildman–Crippen MR) is 84.8 cm³/mol. The van der Waals surface area contributed by atoms with E-state index in [1.807, 2.05) is 24.3 Å². The Hall–Kier alpha value is -2.48. The molecule has 0 aliphatic carbocycles. The maximum absolute atomic E-state index is 5.27. The number of fused-ring (bicyclic) bond motifs is 1. The van der Waals surface area contributed by atoms with Gasteiger partial charge in [-0.05, 0) is 35.9 Å². The monoisotopic (exact) mass is 263 g/mol. The molecular formula is C18H17NO. The smallest absolute Gasteiger partial charge is 0.119 e. The van der Waals surface area contributed by atoms with Crippen LogP contribution >= 0.6 is 0 Å². The summed E-state index contributed by atoms with van der Waals surface area (Å²) < 4.78 is 7.46.